The van der Waals surface area contributed by atoms with E-state index in [1.165, 1.54) is 38.9 Å². The number of hydrogen-bond acceptors (Lipinski definition) is 12. The molecule has 14 heteroatoms. The van der Waals surface area contributed by atoms with E-state index in [9.17, 15) is 19.5 Å². The molecule has 7 heterocycles. The van der Waals surface area contributed by atoms with Crippen molar-refractivity contribution in [2.45, 2.75) is 56.8 Å². The van der Waals surface area contributed by atoms with E-state index in [0.29, 0.717) is 30.3 Å². The minimum absolute atomic E-state index is 0.110. The lowest BCUT2D eigenvalue weighted by Gasteiger charge is -2.48. The molecule has 9 rings (SSSR count). The van der Waals surface area contributed by atoms with Gasteiger partial charge in [0.15, 0.2) is 5.84 Å². The van der Waals surface area contributed by atoms with Gasteiger partial charge >= 0.3 is 0 Å². The van der Waals surface area contributed by atoms with Gasteiger partial charge in [0.25, 0.3) is 5.91 Å². The third-order valence-corrected chi connectivity index (χ3v) is 12.9. The number of hydrogen-bond donors (Lipinski definition) is 4. The number of aliphatic imine (C=N–C) groups is 1. The Balaban J connectivity index is 0.682. The van der Waals surface area contributed by atoms with Gasteiger partial charge in [0.05, 0.1) is 24.3 Å². The van der Waals surface area contributed by atoms with Crippen molar-refractivity contribution in [2.24, 2.45) is 10.9 Å². The molecule has 3 amide bonds. The molecule has 4 saturated heterocycles. The fourth-order valence-electron chi connectivity index (χ4n) is 9.76. The number of aromatic hydroxyl groups is 1. The number of carbonyl (C=O) groups excluding carboxylic acids is 3. The fourth-order valence-corrected chi connectivity index (χ4v) is 9.76. The van der Waals surface area contributed by atoms with Gasteiger partial charge < -0.3 is 30.1 Å². The number of amides is 3. The summed E-state index contributed by atoms with van der Waals surface area (Å²) in [4.78, 5) is 56.7. The second kappa shape index (κ2) is 15.6. The molecule has 292 valence electrons. The summed E-state index contributed by atoms with van der Waals surface area (Å²) in [5, 5.41) is 12.8. The van der Waals surface area contributed by atoms with Crippen molar-refractivity contribution >= 4 is 29.2 Å². The van der Waals surface area contributed by atoms with E-state index >= 15 is 0 Å². The Kier molecular flexibility index (Phi) is 10.2. The largest absolute Gasteiger partial charge is 0.508 e. The molecular weight excluding hydrogens is 697 g/mol. The molecule has 2 aromatic carbocycles. The smallest absolute Gasteiger partial charge is 0.255 e. The average Bonchev–Trinajstić information content (AvgIpc) is 3.53. The number of imide groups is 1. The minimum Gasteiger partial charge on any atom is -0.508 e. The maximum atomic E-state index is 13.3. The van der Waals surface area contributed by atoms with Crippen LogP contribution in [0.1, 0.15) is 59.6 Å². The number of nitrogens with one attached hydrogen (secondary N) is 3. The van der Waals surface area contributed by atoms with Crippen molar-refractivity contribution in [3.8, 4) is 5.75 Å². The number of piperidine rings is 2. The van der Waals surface area contributed by atoms with Crippen molar-refractivity contribution in [3.05, 3.63) is 70.9 Å². The van der Waals surface area contributed by atoms with Gasteiger partial charge in [-0.1, -0.05) is 24.3 Å². The normalized spacial score (nSPS) is 26.9. The number of anilines is 1. The first-order valence-corrected chi connectivity index (χ1v) is 20.4. The zero-order valence-corrected chi connectivity index (χ0v) is 31.7. The first-order valence-electron chi connectivity index (χ1n) is 20.4. The maximum Gasteiger partial charge on any atom is 0.255 e. The predicted octanol–water partition coefficient (Wildman–Crippen LogP) is 1.51. The Morgan fingerprint density at radius 1 is 0.836 bits per heavy atom. The summed E-state index contributed by atoms with van der Waals surface area (Å²) in [5.74, 6) is 1.21. The Bertz CT molecular complexity index is 1850. The number of likely N-dealkylation sites (tertiary alicyclic amines) is 1. The van der Waals surface area contributed by atoms with Crippen molar-refractivity contribution in [1.82, 2.24) is 40.7 Å². The van der Waals surface area contributed by atoms with Crippen molar-refractivity contribution in [3.63, 3.8) is 0 Å². The second-order valence-corrected chi connectivity index (χ2v) is 16.4. The summed E-state index contributed by atoms with van der Waals surface area (Å²) < 4.78 is 0. The predicted molar refractivity (Wildman–Crippen MR) is 209 cm³/mol. The van der Waals surface area contributed by atoms with Gasteiger partial charge in [0.2, 0.25) is 11.8 Å². The van der Waals surface area contributed by atoms with Gasteiger partial charge in [-0.3, -0.25) is 34.5 Å². The van der Waals surface area contributed by atoms with E-state index in [0.717, 1.165) is 99.7 Å². The Hall–Kier alpha value is -4.50. The second-order valence-electron chi connectivity index (χ2n) is 16.4. The van der Waals surface area contributed by atoms with Gasteiger partial charge in [-0.15, -0.1) is 0 Å². The number of rotatable bonds is 9. The monoisotopic (exact) mass is 750 g/mol. The lowest BCUT2D eigenvalue weighted by atomic mass is 9.95. The molecule has 0 bridgehead atoms. The number of amidine groups is 1. The number of para-hydroxylation sites is 1. The number of piperazine rings is 2. The minimum atomic E-state index is -0.580. The van der Waals surface area contributed by atoms with Crippen LogP contribution in [0.5, 0.6) is 5.75 Å². The van der Waals surface area contributed by atoms with Gasteiger partial charge in [-0.25, -0.2) is 5.43 Å². The SMILES string of the molecule is O=C1CCC(N2Cc3ccc(N4CCN(CCCN5CCC(CN6CCN7C8=CC(c9ccccc9O)NNC8=NCC7C6)CC5)CC4)cc3C2=O)C(=O)N1. The van der Waals surface area contributed by atoms with Crippen LogP contribution in [0.3, 0.4) is 0 Å². The first-order chi connectivity index (χ1) is 26.9. The van der Waals surface area contributed by atoms with Gasteiger partial charge in [0, 0.05) is 82.1 Å². The molecule has 0 radical (unpaired) electrons. The highest BCUT2D eigenvalue weighted by Crippen LogP contribution is 2.33. The average molecular weight is 751 g/mol. The van der Waals surface area contributed by atoms with E-state index in [4.69, 9.17) is 4.99 Å². The van der Waals surface area contributed by atoms with E-state index in [-0.39, 0.29) is 30.2 Å². The van der Waals surface area contributed by atoms with Gasteiger partial charge in [0.1, 0.15) is 11.8 Å². The number of fused-ring (bicyclic) bond motifs is 4. The molecule has 2 aromatic rings. The number of benzene rings is 2. The van der Waals surface area contributed by atoms with Crippen LogP contribution in [-0.2, 0) is 16.1 Å². The van der Waals surface area contributed by atoms with E-state index < -0.39 is 6.04 Å². The molecule has 3 unspecified atom stereocenters. The molecule has 0 saturated carbocycles. The highest BCUT2D eigenvalue weighted by molar-refractivity contribution is 6.05. The van der Waals surface area contributed by atoms with Gasteiger partial charge in [-0.2, -0.15) is 0 Å². The summed E-state index contributed by atoms with van der Waals surface area (Å²) >= 11 is 0. The topological polar surface area (TPSA) is 139 Å². The number of phenols is 1. The molecule has 55 heavy (non-hydrogen) atoms. The van der Waals surface area contributed by atoms with Crippen molar-refractivity contribution < 1.29 is 19.5 Å². The Morgan fingerprint density at radius 3 is 2.42 bits per heavy atom. The molecule has 4 N–H and O–H groups in total. The lowest BCUT2D eigenvalue weighted by molar-refractivity contribution is -0.136. The highest BCUT2D eigenvalue weighted by Gasteiger charge is 2.40. The van der Waals surface area contributed by atoms with Gasteiger partial charge in [-0.05, 0) is 87.6 Å². The molecule has 0 spiro atoms. The van der Waals surface area contributed by atoms with Crippen LogP contribution in [-0.4, -0.2) is 150 Å². The van der Waals surface area contributed by atoms with E-state index in [1.54, 1.807) is 11.0 Å². The molecule has 14 nitrogen and oxygen atoms in total. The van der Waals surface area contributed by atoms with Crippen LogP contribution in [0, 0.1) is 5.92 Å². The number of phenolic OH excluding ortho intramolecular Hbond substituents is 1. The molecular formula is C41H54N10O4. The number of nitrogens with zero attached hydrogens (tertiary/aromatic N) is 7. The standard InChI is InChI=1S/C41H54N10O4/c52-37-5-2-1-4-32(37)34-23-36-39(45-44-34)42-24-31-27-48(18-21-50(31)36)25-28-10-14-46(15-11-28)12-3-13-47-16-19-49(20-17-47)30-7-6-29-26-51(41(55)33(29)22-30)35-8-9-38(53)43-40(35)54/h1-2,4-7,22-23,28,31,34-35,44,52H,3,8-21,24-27H2,(H,42,45)(H,43,53,54). The van der Waals surface area contributed by atoms with Crippen LogP contribution in [0.2, 0.25) is 0 Å². The Labute approximate surface area is 323 Å². The van der Waals surface area contributed by atoms with Crippen LogP contribution in [0.15, 0.2) is 59.2 Å². The first kappa shape index (κ1) is 36.2. The molecule has 7 aliphatic rings. The number of carbonyl (C=O) groups is 3. The maximum absolute atomic E-state index is 13.3. The molecule has 0 aromatic heterocycles. The van der Waals surface area contributed by atoms with Crippen LogP contribution >= 0.6 is 0 Å². The molecule has 3 atom stereocenters. The molecule has 7 aliphatic heterocycles. The summed E-state index contributed by atoms with van der Waals surface area (Å²) in [6.45, 7) is 14.0. The van der Waals surface area contributed by atoms with E-state index in [2.05, 4.69) is 52.8 Å². The zero-order chi connectivity index (χ0) is 37.5. The summed E-state index contributed by atoms with van der Waals surface area (Å²) in [6, 6.07) is 13.3. The summed E-state index contributed by atoms with van der Waals surface area (Å²) in [5.41, 5.74) is 11.3. The zero-order valence-electron chi connectivity index (χ0n) is 31.7. The van der Waals surface area contributed by atoms with Crippen molar-refractivity contribution in [1.29, 1.82) is 0 Å². The summed E-state index contributed by atoms with van der Waals surface area (Å²) in [6.07, 6.45) is 6.58. The quantitative estimate of drug-likeness (QED) is 0.278. The van der Waals surface area contributed by atoms with Crippen molar-refractivity contribution in [2.75, 3.05) is 90.0 Å². The highest BCUT2D eigenvalue weighted by atomic mass is 16.3. The van der Waals surface area contributed by atoms with Crippen LogP contribution < -0.4 is 21.1 Å². The van der Waals surface area contributed by atoms with Crippen LogP contribution in [0.4, 0.5) is 5.69 Å². The summed E-state index contributed by atoms with van der Waals surface area (Å²) in [7, 11) is 0. The third-order valence-electron chi connectivity index (χ3n) is 12.9. The molecule has 0 aliphatic carbocycles. The lowest BCUT2D eigenvalue weighted by Crippen LogP contribution is -2.60. The van der Waals surface area contributed by atoms with E-state index in [1.807, 2.05) is 30.3 Å². The third kappa shape index (κ3) is 7.57. The van der Waals surface area contributed by atoms with Crippen LogP contribution in [0.25, 0.3) is 0 Å². The fraction of sp³-hybridized carbons (Fsp3) is 0.561. The number of hydrazine groups is 1. The Morgan fingerprint density at radius 2 is 1.62 bits per heavy atom. The molecule has 4 fully saturated rings.